The van der Waals surface area contributed by atoms with Crippen LogP contribution in [-0.2, 0) is 40.0 Å². The number of nitrogens with zero attached hydrogens (tertiary/aromatic N) is 3. The highest BCUT2D eigenvalue weighted by Crippen LogP contribution is 2.59. The van der Waals surface area contributed by atoms with Gasteiger partial charge in [0.25, 0.3) is 0 Å². The van der Waals surface area contributed by atoms with E-state index in [0.29, 0.717) is 59.0 Å². The lowest BCUT2D eigenvalue weighted by Gasteiger charge is -2.35. The molecule has 3 aliphatic carbocycles. The Morgan fingerprint density at radius 2 is 1.68 bits per heavy atom. The monoisotopic (exact) mass is 915 g/mol. The van der Waals surface area contributed by atoms with Crippen LogP contribution in [0.2, 0.25) is 10.0 Å². The average Bonchev–Trinajstić information content (AvgIpc) is 4.09. The van der Waals surface area contributed by atoms with E-state index >= 15 is 0 Å². The Labute approximate surface area is 367 Å². The molecule has 0 bridgehead atoms. The maximum atomic E-state index is 14.7. The molecule has 5 fully saturated rings. The Hall–Kier alpha value is -4.19. The molecule has 1 spiro atoms. The minimum absolute atomic E-state index is 0.0689. The van der Waals surface area contributed by atoms with Crippen molar-refractivity contribution in [3.05, 3.63) is 33.8 Å². The first-order valence-corrected chi connectivity index (χ1v) is 22.0. The van der Waals surface area contributed by atoms with Crippen LogP contribution in [0.25, 0.3) is 0 Å². The third-order valence-corrected chi connectivity index (χ3v) is 13.5. The molecule has 342 valence electrons. The van der Waals surface area contributed by atoms with Gasteiger partial charge in [-0.2, -0.15) is 13.2 Å². The largest absolute Gasteiger partial charge is 0.403 e. The lowest BCUT2D eigenvalue weighted by molar-refractivity contribution is -0.199. The second kappa shape index (κ2) is 18.5. The Bertz CT molecular complexity index is 1940. The van der Waals surface area contributed by atoms with Crippen molar-refractivity contribution in [1.29, 1.82) is 0 Å². The van der Waals surface area contributed by atoms with Crippen molar-refractivity contribution >= 4 is 64.6 Å². The summed E-state index contributed by atoms with van der Waals surface area (Å²) in [4.78, 5) is 101. The average molecular weight is 917 g/mol. The number of amides is 7. The van der Waals surface area contributed by atoms with E-state index in [0.717, 1.165) is 4.90 Å². The summed E-state index contributed by atoms with van der Waals surface area (Å²) in [6.07, 6.45) is -5.51. The van der Waals surface area contributed by atoms with Gasteiger partial charge < -0.3 is 36.0 Å². The number of alkyl halides is 4. The van der Waals surface area contributed by atoms with Gasteiger partial charge in [0.1, 0.15) is 47.3 Å². The highest BCUT2D eigenvalue weighted by atomic mass is 35.5. The quantitative estimate of drug-likeness (QED) is 0.258. The molecule has 4 N–H and O–H groups in total. The fourth-order valence-electron chi connectivity index (χ4n) is 8.57. The van der Waals surface area contributed by atoms with Crippen LogP contribution < -0.4 is 21.3 Å². The lowest BCUT2D eigenvalue weighted by Crippen LogP contribution is -2.61. The molecule has 2 aliphatic heterocycles. The highest BCUT2D eigenvalue weighted by molar-refractivity contribution is 6.33. The van der Waals surface area contributed by atoms with Crippen LogP contribution >= 0.6 is 23.2 Å². The summed E-state index contributed by atoms with van der Waals surface area (Å²) in [6, 6.07) is -1.70. The van der Waals surface area contributed by atoms with Crippen LogP contribution in [-0.4, -0.2) is 131 Å². The van der Waals surface area contributed by atoms with Gasteiger partial charge in [0.05, 0.1) is 6.54 Å². The molecule has 1 aromatic rings. The van der Waals surface area contributed by atoms with Crippen molar-refractivity contribution < 1.29 is 51.1 Å². The van der Waals surface area contributed by atoms with Crippen molar-refractivity contribution in [3.8, 4) is 0 Å². The molecule has 2 saturated heterocycles. The summed E-state index contributed by atoms with van der Waals surface area (Å²) < 4.78 is 56.4. The molecule has 7 amide bonds. The van der Waals surface area contributed by atoms with Gasteiger partial charge in [0.15, 0.2) is 0 Å². The highest BCUT2D eigenvalue weighted by Gasteiger charge is 2.70. The zero-order valence-corrected chi connectivity index (χ0v) is 36.7. The van der Waals surface area contributed by atoms with Gasteiger partial charge >= 0.3 is 6.18 Å². The standard InChI is InChI=1S/C42H55Cl2F4N7O7/c1-22(2)17-28-36(59)54(4)30(19-24-18-25(43)10-11-27(24)44)35(58)52-41(14-15-41)38(61)49-16-6-5-7-29(33(56)50-28)53(3)37(60)32(23-8-9-23)51-34(57)31-20-26(45)21-55(31)39(62)40(12-13-40)42(46,47)48/h10-11,18,22-23,26,28-32H,5-9,12-17,19-21H2,1-4H3,(H,49,61)(H,50,56)(H,51,57)(H,52,58)/t26-,28+,29+,30+,31+,32+/m1/s1. The number of likely N-dealkylation sites (tertiary alicyclic amines) is 1. The molecule has 6 rings (SSSR count). The maximum absolute atomic E-state index is 14.7. The van der Waals surface area contributed by atoms with Gasteiger partial charge in [0.2, 0.25) is 41.4 Å². The van der Waals surface area contributed by atoms with Gasteiger partial charge in [-0.25, -0.2) is 4.39 Å². The number of benzene rings is 1. The second-order valence-corrected chi connectivity index (χ2v) is 18.9. The van der Waals surface area contributed by atoms with Crippen molar-refractivity contribution in [2.75, 3.05) is 27.2 Å². The van der Waals surface area contributed by atoms with E-state index in [9.17, 15) is 51.1 Å². The molecule has 1 aromatic carbocycles. The third kappa shape index (κ3) is 10.3. The molecular formula is C42H55Cl2F4N7O7. The first kappa shape index (κ1) is 47.3. The van der Waals surface area contributed by atoms with E-state index < -0.39 is 127 Å². The topological polar surface area (TPSA) is 177 Å². The second-order valence-electron chi connectivity index (χ2n) is 18.1. The van der Waals surface area contributed by atoms with Crippen LogP contribution in [0.1, 0.15) is 90.0 Å². The van der Waals surface area contributed by atoms with Crippen molar-refractivity contribution in [1.82, 2.24) is 36.0 Å². The van der Waals surface area contributed by atoms with E-state index in [2.05, 4.69) is 21.3 Å². The summed E-state index contributed by atoms with van der Waals surface area (Å²) in [5, 5.41) is 11.8. The zero-order valence-electron chi connectivity index (χ0n) is 35.2. The molecular weight excluding hydrogens is 861 g/mol. The molecule has 20 heteroatoms. The normalized spacial score (nSPS) is 27.3. The molecule has 0 aromatic heterocycles. The Morgan fingerprint density at radius 3 is 2.27 bits per heavy atom. The number of rotatable bonds is 10. The Kier molecular flexibility index (Phi) is 14.1. The van der Waals surface area contributed by atoms with Crippen LogP contribution in [0.4, 0.5) is 17.6 Å². The van der Waals surface area contributed by atoms with E-state index in [1.807, 2.05) is 13.8 Å². The van der Waals surface area contributed by atoms with E-state index in [-0.39, 0.29) is 31.7 Å². The van der Waals surface area contributed by atoms with Gasteiger partial charge in [-0.3, -0.25) is 33.6 Å². The van der Waals surface area contributed by atoms with Crippen molar-refractivity contribution in [2.24, 2.45) is 17.3 Å². The number of likely N-dealkylation sites (N-methyl/N-ethyl adjacent to an activating group) is 2. The fourth-order valence-corrected chi connectivity index (χ4v) is 8.96. The Morgan fingerprint density at radius 1 is 1.00 bits per heavy atom. The summed E-state index contributed by atoms with van der Waals surface area (Å²) >= 11 is 12.8. The van der Waals surface area contributed by atoms with Gasteiger partial charge in [-0.05, 0) is 99.8 Å². The molecule has 5 aliphatic rings. The molecule has 6 atom stereocenters. The van der Waals surface area contributed by atoms with Gasteiger partial charge in [-0.15, -0.1) is 0 Å². The zero-order chi connectivity index (χ0) is 45.5. The summed E-state index contributed by atoms with van der Waals surface area (Å²) in [7, 11) is 2.79. The minimum atomic E-state index is -4.87. The molecule has 14 nitrogen and oxygen atoms in total. The first-order chi connectivity index (χ1) is 29.1. The number of carbonyl (C=O) groups excluding carboxylic acids is 7. The molecule has 3 saturated carbocycles. The van der Waals surface area contributed by atoms with Gasteiger partial charge in [-0.1, -0.05) is 37.0 Å². The smallest absolute Gasteiger partial charge is 0.354 e. The number of hydrogen-bond donors (Lipinski definition) is 4. The molecule has 0 radical (unpaired) electrons. The maximum Gasteiger partial charge on any atom is 0.403 e. The fraction of sp³-hybridized carbons (Fsp3) is 0.690. The Balaban J connectivity index is 1.25. The molecule has 62 heavy (non-hydrogen) atoms. The summed E-state index contributed by atoms with van der Waals surface area (Å²) in [5.74, 6) is -5.89. The van der Waals surface area contributed by atoms with Crippen molar-refractivity contribution in [3.63, 3.8) is 0 Å². The summed E-state index contributed by atoms with van der Waals surface area (Å²) in [5.41, 5.74) is -3.38. The third-order valence-electron chi connectivity index (χ3n) is 12.9. The predicted octanol–water partition coefficient (Wildman–Crippen LogP) is 3.85. The number of nitrogens with one attached hydrogen (secondary N) is 4. The number of hydrogen-bond acceptors (Lipinski definition) is 7. The SMILES string of the molecule is CC(C)C[C@@H]1NC(=O)[C@@H](N(C)C(=O)[C@@H](NC(=O)[C@@H]2C[C@@H](F)CN2C(=O)C2(C(F)(F)F)CC2)C2CC2)CCCCNC(=O)C2(CC2)NC(=O)[C@H](Cc2cc(Cl)ccc2Cl)N(C)C1=O. The summed E-state index contributed by atoms with van der Waals surface area (Å²) in [6.45, 7) is 3.18. The van der Waals surface area contributed by atoms with Crippen LogP contribution in [0, 0.1) is 17.3 Å². The van der Waals surface area contributed by atoms with Gasteiger partial charge in [0, 0.05) is 43.5 Å². The molecule has 2 heterocycles. The number of halogens is 6. The van der Waals surface area contributed by atoms with E-state index in [1.54, 1.807) is 18.2 Å². The van der Waals surface area contributed by atoms with Crippen LogP contribution in [0.3, 0.4) is 0 Å². The predicted molar refractivity (Wildman–Crippen MR) is 219 cm³/mol. The molecule has 0 unspecified atom stereocenters. The van der Waals surface area contributed by atoms with Crippen LogP contribution in [0.15, 0.2) is 18.2 Å². The first-order valence-electron chi connectivity index (χ1n) is 21.3. The van der Waals surface area contributed by atoms with E-state index in [4.69, 9.17) is 23.2 Å². The van der Waals surface area contributed by atoms with Crippen molar-refractivity contribution in [2.45, 2.75) is 139 Å². The minimum Gasteiger partial charge on any atom is -0.354 e. The van der Waals surface area contributed by atoms with Crippen LogP contribution in [0.5, 0.6) is 0 Å². The number of carbonyl (C=O) groups is 7. The lowest BCUT2D eigenvalue weighted by atomic mass is 9.98. The van der Waals surface area contributed by atoms with E-state index in [1.165, 1.54) is 19.0 Å².